The van der Waals surface area contributed by atoms with Crippen LogP contribution < -0.4 is 26.4 Å². The Balaban J connectivity index is 1.58. The number of nitrogens with one attached hydrogen (secondary N) is 1. The van der Waals surface area contributed by atoms with E-state index in [2.05, 4.69) is 5.32 Å². The molecule has 1 aromatic carbocycles. The molecular formula is C34H34N2O16S. The third-order valence-electron chi connectivity index (χ3n) is 7.70. The quantitative estimate of drug-likeness (QED) is 0.173. The van der Waals surface area contributed by atoms with Crippen molar-refractivity contribution in [2.24, 2.45) is 0 Å². The molecule has 0 spiro atoms. The Morgan fingerprint density at radius 3 is 1.96 bits per heavy atom. The van der Waals surface area contributed by atoms with Crippen molar-refractivity contribution in [3.05, 3.63) is 65.3 Å². The summed E-state index contributed by atoms with van der Waals surface area (Å²) in [6, 6.07) is 1.62. The number of rotatable bonds is 12. The number of ketones is 1. The van der Waals surface area contributed by atoms with E-state index in [1.54, 1.807) is 26.8 Å². The van der Waals surface area contributed by atoms with E-state index in [1.807, 2.05) is 0 Å². The van der Waals surface area contributed by atoms with Gasteiger partial charge in [0.1, 0.15) is 5.60 Å². The first-order valence-electron chi connectivity index (χ1n) is 15.9. The maximum Gasteiger partial charge on any atom is 0.519 e. The molecule has 0 saturated carbocycles. The van der Waals surface area contributed by atoms with Gasteiger partial charge in [-0.3, -0.25) is 9.59 Å². The summed E-state index contributed by atoms with van der Waals surface area (Å²) in [5, 5.41) is 21.4. The van der Waals surface area contributed by atoms with Gasteiger partial charge in [0.2, 0.25) is 0 Å². The minimum atomic E-state index is -1.47. The van der Waals surface area contributed by atoms with Crippen LogP contribution in [0, 0.1) is 20.8 Å². The predicted octanol–water partition coefficient (Wildman–Crippen LogP) is 3.93. The fourth-order valence-corrected chi connectivity index (χ4v) is 6.69. The highest BCUT2D eigenvalue weighted by Crippen LogP contribution is 2.51. The van der Waals surface area contributed by atoms with Crippen molar-refractivity contribution >= 4 is 41.1 Å². The molecule has 0 atom stereocenters. The number of carboxylic acid groups (broad SMARTS) is 2. The third-order valence-corrected chi connectivity index (χ3v) is 8.93. The monoisotopic (exact) mass is 758 g/mol. The second kappa shape index (κ2) is 14.9. The van der Waals surface area contributed by atoms with Crippen LogP contribution in [0.2, 0.25) is 0 Å². The van der Waals surface area contributed by atoms with E-state index in [0.717, 1.165) is 10.4 Å². The molecule has 2 amide bonds. The van der Waals surface area contributed by atoms with E-state index in [1.165, 1.54) is 37.0 Å². The summed E-state index contributed by atoms with van der Waals surface area (Å²) in [5.41, 5.74) is -1.06. The number of ether oxygens (including phenoxy) is 3. The van der Waals surface area contributed by atoms with Gasteiger partial charge >= 0.3 is 29.7 Å². The van der Waals surface area contributed by atoms with Gasteiger partial charge < -0.3 is 52.3 Å². The van der Waals surface area contributed by atoms with Gasteiger partial charge in [-0.2, -0.15) is 0 Å². The molecule has 1 aliphatic rings. The van der Waals surface area contributed by atoms with Gasteiger partial charge in [0.15, 0.2) is 53.5 Å². The summed E-state index contributed by atoms with van der Waals surface area (Å²) < 4.78 is 37.2. The van der Waals surface area contributed by atoms with E-state index < -0.39 is 84.0 Å². The summed E-state index contributed by atoms with van der Waals surface area (Å²) in [6.07, 6.45) is -0.0125. The van der Waals surface area contributed by atoms with E-state index in [9.17, 15) is 43.8 Å². The lowest BCUT2D eigenvalue weighted by Crippen LogP contribution is -2.39. The topological polar surface area (TPSA) is 255 Å². The number of carboxylic acids is 2. The SMILES string of the molecule is Cc1oc(=O)oc1-c1c(OCC(=O)O)c(OCC(=O)O)c(C)c(C(=O)CNC(=O)c2cc3c(s2)CCN(C(=O)OC(C)(C)C)C3)c1-c1oc(=O)oc1C. The molecule has 5 rings (SSSR count). The van der Waals surface area contributed by atoms with Gasteiger partial charge in [0.05, 0.1) is 23.5 Å². The summed E-state index contributed by atoms with van der Waals surface area (Å²) in [6.45, 7) is 7.13. The molecule has 282 valence electrons. The molecule has 3 N–H and O–H groups in total. The molecule has 0 fully saturated rings. The number of Topliss-reactive ketones (excluding diaryl/α,β-unsaturated/α-hetero) is 1. The number of carbonyl (C=O) groups is 5. The smallest absolute Gasteiger partial charge is 0.479 e. The molecule has 0 radical (unpaired) electrons. The Morgan fingerprint density at radius 1 is 0.868 bits per heavy atom. The number of benzene rings is 1. The largest absolute Gasteiger partial charge is 0.519 e. The number of nitrogens with zero attached hydrogens (tertiary/aromatic N) is 1. The molecule has 3 aromatic heterocycles. The van der Waals surface area contributed by atoms with Crippen molar-refractivity contribution < 1.29 is 66.1 Å². The lowest BCUT2D eigenvalue weighted by molar-refractivity contribution is -0.140. The van der Waals surface area contributed by atoms with Crippen molar-refractivity contribution in [3.63, 3.8) is 0 Å². The molecule has 4 heterocycles. The second-order valence-electron chi connectivity index (χ2n) is 12.8. The number of hydrogen-bond donors (Lipinski definition) is 3. The highest BCUT2D eigenvalue weighted by molar-refractivity contribution is 7.14. The Morgan fingerprint density at radius 2 is 1.43 bits per heavy atom. The van der Waals surface area contributed by atoms with Crippen LogP contribution >= 0.6 is 11.3 Å². The number of carbonyl (C=O) groups excluding carboxylic acids is 3. The lowest BCUT2D eigenvalue weighted by Gasteiger charge is -2.29. The summed E-state index contributed by atoms with van der Waals surface area (Å²) >= 11 is 1.19. The van der Waals surface area contributed by atoms with Gasteiger partial charge in [-0.25, -0.2) is 24.0 Å². The second-order valence-corrected chi connectivity index (χ2v) is 13.9. The number of aliphatic carboxylic acids is 2. The van der Waals surface area contributed by atoms with Crippen molar-refractivity contribution in [1.82, 2.24) is 10.2 Å². The molecule has 0 saturated heterocycles. The fraction of sp³-hybridized carbons (Fsp3) is 0.382. The van der Waals surface area contributed by atoms with Gasteiger partial charge in [-0.15, -0.1) is 11.3 Å². The summed E-state index contributed by atoms with van der Waals surface area (Å²) in [7, 11) is 0. The Labute approximate surface area is 302 Å². The van der Waals surface area contributed by atoms with E-state index in [-0.39, 0.29) is 51.0 Å². The average Bonchev–Trinajstić information content (AvgIpc) is 3.74. The number of amides is 2. The summed E-state index contributed by atoms with van der Waals surface area (Å²) in [5.74, 6) is -8.83. The maximum absolute atomic E-state index is 14.2. The van der Waals surface area contributed by atoms with Gasteiger partial charge in [-0.05, 0) is 59.6 Å². The van der Waals surface area contributed by atoms with Crippen LogP contribution in [0.1, 0.15) is 68.3 Å². The van der Waals surface area contributed by atoms with Crippen LogP contribution in [-0.2, 0) is 27.3 Å². The van der Waals surface area contributed by atoms with Crippen LogP contribution in [0.15, 0.2) is 33.3 Å². The Bertz CT molecular complexity index is 2240. The maximum atomic E-state index is 14.2. The first kappa shape index (κ1) is 38.1. The standard InChI is InChI=1S/C34H34N2O16S/c1-14-23(18(37)10-35-30(42)20-9-17-11-36(8-7-19(17)53-20)31(43)52-34(4,5)6)24(27-15(2)48-32(44)50-27)25(28-16(3)49-33(45)51-28)29(47-13-22(40)41)26(14)46-12-21(38)39/h9H,7-8,10-13H2,1-6H3,(H,35,42)(H,38,39)(H,40,41). The zero-order valence-corrected chi connectivity index (χ0v) is 30.1. The average molecular weight is 759 g/mol. The first-order chi connectivity index (χ1) is 24.8. The zero-order valence-electron chi connectivity index (χ0n) is 29.3. The van der Waals surface area contributed by atoms with E-state index >= 15 is 0 Å². The van der Waals surface area contributed by atoms with Gasteiger partial charge in [0, 0.05) is 28.1 Å². The molecule has 0 aliphatic carbocycles. The minimum Gasteiger partial charge on any atom is -0.479 e. The minimum absolute atomic E-state index is 0.120. The normalized spacial score (nSPS) is 12.6. The van der Waals surface area contributed by atoms with Gasteiger partial charge in [-0.1, -0.05) is 0 Å². The van der Waals surface area contributed by atoms with Crippen LogP contribution in [0.4, 0.5) is 4.79 Å². The van der Waals surface area contributed by atoms with Crippen molar-refractivity contribution in [2.45, 2.75) is 60.1 Å². The van der Waals surface area contributed by atoms with Crippen LogP contribution in [0.25, 0.3) is 22.6 Å². The van der Waals surface area contributed by atoms with Crippen LogP contribution in [0.5, 0.6) is 11.5 Å². The summed E-state index contributed by atoms with van der Waals surface area (Å²) in [4.78, 5) is 90.7. The third kappa shape index (κ3) is 8.35. The van der Waals surface area contributed by atoms with Crippen LogP contribution in [0.3, 0.4) is 0 Å². The number of hydrogen-bond acceptors (Lipinski definition) is 15. The molecule has 1 aliphatic heterocycles. The number of aryl methyl sites for hydroxylation is 2. The highest BCUT2D eigenvalue weighted by atomic mass is 32.1. The molecule has 18 nitrogen and oxygen atoms in total. The predicted molar refractivity (Wildman–Crippen MR) is 181 cm³/mol. The first-order valence-corrected chi connectivity index (χ1v) is 16.7. The molecule has 4 aromatic rings. The van der Waals surface area contributed by atoms with Crippen LogP contribution in [-0.4, -0.2) is 76.7 Å². The highest BCUT2D eigenvalue weighted by Gasteiger charge is 2.36. The molecule has 19 heteroatoms. The van der Waals surface area contributed by atoms with Crippen molar-refractivity contribution in [2.75, 3.05) is 26.3 Å². The van der Waals surface area contributed by atoms with Gasteiger partial charge in [0.25, 0.3) is 5.91 Å². The van der Waals surface area contributed by atoms with E-state index in [0.29, 0.717) is 13.0 Å². The molecule has 0 bridgehead atoms. The molecular weight excluding hydrogens is 724 g/mol. The lowest BCUT2D eigenvalue weighted by atomic mass is 9.88. The number of fused-ring (bicyclic) bond motifs is 1. The number of thiophene rings is 1. The van der Waals surface area contributed by atoms with Crippen molar-refractivity contribution in [1.29, 1.82) is 0 Å². The zero-order chi connectivity index (χ0) is 38.9. The van der Waals surface area contributed by atoms with Crippen molar-refractivity contribution in [3.8, 4) is 34.1 Å². The molecule has 53 heavy (non-hydrogen) atoms. The molecule has 0 unspecified atom stereocenters. The van der Waals surface area contributed by atoms with E-state index in [4.69, 9.17) is 31.9 Å². The Kier molecular flexibility index (Phi) is 10.7. The fourth-order valence-electron chi connectivity index (χ4n) is 5.61. The Hall–Kier alpha value is -6.11.